The average Bonchev–Trinajstić information content (AvgIpc) is 3.30. The second-order valence-corrected chi connectivity index (χ2v) is 7.37. The Morgan fingerprint density at radius 3 is 2.44 bits per heavy atom. The van der Waals surface area contributed by atoms with Gasteiger partial charge in [0.05, 0.1) is 12.1 Å². The fourth-order valence-corrected chi connectivity index (χ4v) is 4.32. The predicted octanol–water partition coefficient (Wildman–Crippen LogP) is 1.93. The molecule has 0 radical (unpaired) electrons. The van der Waals surface area contributed by atoms with Crippen molar-refractivity contribution in [2.45, 2.75) is 50.0 Å². The molecule has 4 rings (SSSR count). The monoisotopic (exact) mass is 387 g/mol. The molecule has 7 nitrogen and oxygen atoms in total. The van der Waals surface area contributed by atoms with Gasteiger partial charge in [0.15, 0.2) is 12.1 Å². The highest BCUT2D eigenvalue weighted by Gasteiger charge is 2.51. The third kappa shape index (κ3) is 2.99. The zero-order valence-electron chi connectivity index (χ0n) is 14.7. The molecule has 3 heterocycles. The molecule has 10 heteroatoms. The van der Waals surface area contributed by atoms with E-state index < -0.39 is 29.6 Å². The summed E-state index contributed by atoms with van der Waals surface area (Å²) >= 11 is 0. The van der Waals surface area contributed by atoms with Gasteiger partial charge >= 0.3 is 6.18 Å². The molecular weight excluding hydrogens is 367 g/mol. The first kappa shape index (κ1) is 18.3. The number of methoxy groups -OCH3 is 1. The van der Waals surface area contributed by atoms with Gasteiger partial charge in [-0.3, -0.25) is 9.59 Å². The van der Waals surface area contributed by atoms with E-state index in [-0.39, 0.29) is 30.5 Å². The van der Waals surface area contributed by atoms with E-state index in [0.29, 0.717) is 19.4 Å². The maximum atomic E-state index is 13.0. The van der Waals surface area contributed by atoms with Gasteiger partial charge in [0.25, 0.3) is 11.8 Å². The van der Waals surface area contributed by atoms with E-state index in [1.807, 2.05) is 0 Å². The fourth-order valence-electron chi connectivity index (χ4n) is 4.32. The van der Waals surface area contributed by atoms with E-state index in [9.17, 15) is 22.8 Å². The maximum absolute atomic E-state index is 13.0. The molecular formula is C17H20F3N3O4. The molecule has 27 heavy (non-hydrogen) atoms. The van der Waals surface area contributed by atoms with Crippen molar-refractivity contribution in [3.8, 4) is 0 Å². The molecule has 3 fully saturated rings. The Morgan fingerprint density at radius 1 is 1.26 bits per heavy atom. The Balaban J connectivity index is 1.45. The van der Waals surface area contributed by atoms with Crippen LogP contribution in [0.3, 0.4) is 0 Å². The standard InChI is InChI=1S/C17H20F3N3O4/c1-26-12(9-3-2-4-9)15(24)22-6-11-5-10(22)7-23(11)16(25)13-14(17(18,19)20)21-8-27-13/h8-12H,2-7H2,1H3/t10-,11-,12?/m0/s1. The number of hydrogen-bond acceptors (Lipinski definition) is 5. The first-order valence-corrected chi connectivity index (χ1v) is 8.96. The molecule has 1 aromatic heterocycles. The van der Waals surface area contributed by atoms with Crippen LogP contribution in [0.2, 0.25) is 0 Å². The summed E-state index contributed by atoms with van der Waals surface area (Å²) in [6.45, 7) is 0.492. The first-order chi connectivity index (χ1) is 12.8. The zero-order chi connectivity index (χ0) is 19.3. The van der Waals surface area contributed by atoms with Crippen LogP contribution in [0.15, 0.2) is 10.8 Å². The van der Waals surface area contributed by atoms with Crippen LogP contribution < -0.4 is 0 Å². The van der Waals surface area contributed by atoms with Crippen LogP contribution in [0.1, 0.15) is 41.9 Å². The summed E-state index contributed by atoms with van der Waals surface area (Å²) < 4.78 is 49.0. The number of alkyl halides is 3. The fraction of sp³-hybridized carbons (Fsp3) is 0.706. The number of likely N-dealkylation sites (tertiary alicyclic amines) is 2. The van der Waals surface area contributed by atoms with Gasteiger partial charge < -0.3 is 19.0 Å². The number of aromatic nitrogens is 1. The van der Waals surface area contributed by atoms with Crippen molar-refractivity contribution in [1.82, 2.24) is 14.8 Å². The third-order valence-electron chi connectivity index (χ3n) is 5.89. The highest BCUT2D eigenvalue weighted by molar-refractivity contribution is 5.93. The highest BCUT2D eigenvalue weighted by atomic mass is 19.4. The maximum Gasteiger partial charge on any atom is 0.437 e. The number of piperazine rings is 1. The van der Waals surface area contributed by atoms with Crippen LogP contribution in [-0.4, -0.2) is 65.0 Å². The van der Waals surface area contributed by atoms with Crippen LogP contribution in [-0.2, 0) is 15.7 Å². The number of carbonyl (C=O) groups excluding carboxylic acids is 2. The third-order valence-corrected chi connectivity index (χ3v) is 5.89. The molecule has 0 spiro atoms. The van der Waals surface area contributed by atoms with Gasteiger partial charge in [-0.05, 0) is 25.2 Å². The van der Waals surface area contributed by atoms with Gasteiger partial charge in [0.1, 0.15) is 6.10 Å². The van der Waals surface area contributed by atoms with Gasteiger partial charge in [0.2, 0.25) is 5.76 Å². The Bertz CT molecular complexity index is 746. The summed E-state index contributed by atoms with van der Waals surface area (Å²) in [7, 11) is 1.52. The largest absolute Gasteiger partial charge is 0.438 e. The van der Waals surface area contributed by atoms with Gasteiger partial charge in [-0.15, -0.1) is 0 Å². The Labute approximate surface area is 153 Å². The highest BCUT2D eigenvalue weighted by Crippen LogP contribution is 2.38. The molecule has 2 aliphatic heterocycles. The van der Waals surface area contributed by atoms with E-state index in [2.05, 4.69) is 4.98 Å². The number of amides is 2. The number of carbonyl (C=O) groups is 2. The van der Waals surface area contributed by atoms with E-state index in [4.69, 9.17) is 9.15 Å². The second kappa shape index (κ2) is 6.50. The number of rotatable bonds is 4. The molecule has 1 aliphatic carbocycles. The van der Waals surface area contributed by atoms with E-state index >= 15 is 0 Å². The van der Waals surface area contributed by atoms with Crippen LogP contribution in [0, 0.1) is 5.92 Å². The quantitative estimate of drug-likeness (QED) is 0.789. The van der Waals surface area contributed by atoms with Crippen molar-refractivity contribution in [3.05, 3.63) is 17.8 Å². The lowest BCUT2D eigenvalue weighted by molar-refractivity contribution is -0.149. The first-order valence-electron chi connectivity index (χ1n) is 8.96. The van der Waals surface area contributed by atoms with Crippen LogP contribution in [0.25, 0.3) is 0 Å². The lowest BCUT2D eigenvalue weighted by Crippen LogP contribution is -2.54. The van der Waals surface area contributed by atoms with Crippen molar-refractivity contribution in [3.63, 3.8) is 0 Å². The smallest absolute Gasteiger partial charge is 0.437 e. The molecule has 2 saturated heterocycles. The molecule has 1 saturated carbocycles. The lowest BCUT2D eigenvalue weighted by atomic mass is 9.80. The lowest BCUT2D eigenvalue weighted by Gasteiger charge is -2.38. The number of oxazole rings is 1. The van der Waals surface area contributed by atoms with Crippen molar-refractivity contribution in [2.75, 3.05) is 20.2 Å². The minimum atomic E-state index is -4.76. The van der Waals surface area contributed by atoms with Gasteiger partial charge in [-0.1, -0.05) is 6.42 Å². The molecule has 3 atom stereocenters. The SMILES string of the molecule is COC(C(=O)N1C[C@@H]2C[C@H]1CN2C(=O)c1ocnc1C(F)(F)F)C1CCC1. The van der Waals surface area contributed by atoms with E-state index in [1.54, 1.807) is 4.90 Å². The molecule has 2 amide bonds. The van der Waals surface area contributed by atoms with E-state index in [0.717, 1.165) is 19.3 Å². The topological polar surface area (TPSA) is 75.9 Å². The van der Waals surface area contributed by atoms with Crippen LogP contribution in [0.5, 0.6) is 0 Å². The summed E-state index contributed by atoms with van der Waals surface area (Å²) in [5.41, 5.74) is -1.31. The Hall–Kier alpha value is -2.10. The molecule has 3 aliphatic rings. The molecule has 0 N–H and O–H groups in total. The van der Waals surface area contributed by atoms with Gasteiger partial charge in [0, 0.05) is 20.2 Å². The summed E-state index contributed by atoms with van der Waals surface area (Å²) in [4.78, 5) is 31.6. The normalized spacial score (nSPS) is 26.4. The van der Waals surface area contributed by atoms with Crippen LogP contribution in [0.4, 0.5) is 13.2 Å². The number of hydrogen-bond donors (Lipinski definition) is 0. The van der Waals surface area contributed by atoms with Gasteiger partial charge in [-0.25, -0.2) is 4.98 Å². The summed E-state index contributed by atoms with van der Waals surface area (Å²) in [5, 5.41) is 0. The van der Waals surface area contributed by atoms with Crippen molar-refractivity contribution in [2.24, 2.45) is 5.92 Å². The Kier molecular flexibility index (Phi) is 4.40. The molecule has 2 bridgehead atoms. The molecule has 0 aromatic carbocycles. The number of halogens is 3. The summed E-state index contributed by atoms with van der Waals surface area (Å²) in [6, 6.07) is -0.530. The van der Waals surface area contributed by atoms with Crippen molar-refractivity contribution in [1.29, 1.82) is 0 Å². The van der Waals surface area contributed by atoms with Crippen molar-refractivity contribution < 1.29 is 31.9 Å². The van der Waals surface area contributed by atoms with Crippen molar-refractivity contribution >= 4 is 11.8 Å². The Morgan fingerprint density at radius 2 is 1.93 bits per heavy atom. The summed E-state index contributed by atoms with van der Waals surface area (Å²) in [5.74, 6) is -1.49. The number of ether oxygens (including phenoxy) is 1. The number of fused-ring (bicyclic) bond motifs is 2. The van der Waals surface area contributed by atoms with Crippen LogP contribution >= 0.6 is 0 Å². The molecule has 1 unspecified atom stereocenters. The van der Waals surface area contributed by atoms with E-state index in [1.165, 1.54) is 12.0 Å². The second-order valence-electron chi connectivity index (χ2n) is 7.37. The average molecular weight is 387 g/mol. The molecule has 148 valence electrons. The number of nitrogens with zero attached hydrogens (tertiary/aromatic N) is 3. The minimum absolute atomic E-state index is 0.0857. The zero-order valence-corrected chi connectivity index (χ0v) is 14.7. The molecule has 1 aromatic rings. The minimum Gasteiger partial charge on any atom is -0.438 e. The van der Waals surface area contributed by atoms with Gasteiger partial charge in [-0.2, -0.15) is 13.2 Å². The predicted molar refractivity (Wildman–Crippen MR) is 84.6 cm³/mol. The summed E-state index contributed by atoms with van der Waals surface area (Å²) in [6.07, 6.45) is -1.05.